The molecule has 1 heterocycles. The summed E-state index contributed by atoms with van der Waals surface area (Å²) < 4.78 is 11.1. The highest BCUT2D eigenvalue weighted by atomic mass is 32.1. The van der Waals surface area contributed by atoms with Gasteiger partial charge >= 0.3 is 5.97 Å². The third-order valence-corrected chi connectivity index (χ3v) is 3.44. The molecule has 19 heavy (non-hydrogen) atoms. The average Bonchev–Trinajstić information content (AvgIpc) is 2.87. The van der Waals surface area contributed by atoms with Gasteiger partial charge in [-0.3, -0.25) is 0 Å². The number of rotatable bonds is 6. The fourth-order valence-electron chi connectivity index (χ4n) is 1.56. The third kappa shape index (κ3) is 3.48. The maximum Gasteiger partial charge on any atom is 0.345 e. The Bertz CT molecular complexity index is 562. The van der Waals surface area contributed by atoms with Crippen LogP contribution in [0.3, 0.4) is 0 Å². The zero-order valence-electron chi connectivity index (χ0n) is 10.5. The Balaban J connectivity index is 2.03. The van der Waals surface area contributed by atoms with Gasteiger partial charge < -0.3 is 14.6 Å². The second kappa shape index (κ2) is 6.24. The smallest absolute Gasteiger partial charge is 0.345 e. The van der Waals surface area contributed by atoms with E-state index in [-0.39, 0.29) is 0 Å². The normalized spacial score (nSPS) is 10.2. The molecule has 4 nitrogen and oxygen atoms in total. The van der Waals surface area contributed by atoms with Gasteiger partial charge in [-0.1, -0.05) is 12.1 Å². The molecule has 0 saturated carbocycles. The number of hydrogen-bond acceptors (Lipinski definition) is 4. The van der Waals surface area contributed by atoms with Crippen molar-refractivity contribution >= 4 is 17.3 Å². The summed E-state index contributed by atoms with van der Waals surface area (Å²) in [7, 11) is 0. The van der Waals surface area contributed by atoms with Gasteiger partial charge in [0.15, 0.2) is 11.5 Å². The molecule has 1 aromatic heterocycles. The van der Waals surface area contributed by atoms with Gasteiger partial charge in [0.1, 0.15) is 11.5 Å². The van der Waals surface area contributed by atoms with Gasteiger partial charge in [0.05, 0.1) is 6.61 Å². The monoisotopic (exact) mass is 278 g/mol. The molecule has 0 amide bonds. The minimum atomic E-state index is -0.911. The molecule has 0 atom stereocenters. The summed E-state index contributed by atoms with van der Waals surface area (Å²) >= 11 is 1.21. The number of thiophene rings is 1. The average molecular weight is 278 g/mol. The summed E-state index contributed by atoms with van der Waals surface area (Å²) in [5.74, 6) is 0.445. The first-order valence-corrected chi connectivity index (χ1v) is 6.69. The van der Waals surface area contributed by atoms with Crippen molar-refractivity contribution in [2.75, 3.05) is 6.61 Å². The number of hydrogen-bond donors (Lipinski definition) is 1. The minimum absolute atomic E-state index is 0.316. The van der Waals surface area contributed by atoms with Crippen LogP contribution in [0.4, 0.5) is 0 Å². The molecule has 0 fully saturated rings. The Kier molecular flexibility index (Phi) is 4.41. The van der Waals surface area contributed by atoms with Crippen molar-refractivity contribution in [3.8, 4) is 11.5 Å². The first-order valence-electron chi connectivity index (χ1n) is 5.87. The Labute approximate surface area is 115 Å². The number of para-hydroxylation sites is 2. The molecule has 2 aromatic rings. The predicted molar refractivity (Wildman–Crippen MR) is 73.2 cm³/mol. The second-order valence-corrected chi connectivity index (χ2v) is 4.91. The molecule has 0 aliphatic rings. The van der Waals surface area contributed by atoms with E-state index in [2.05, 4.69) is 0 Å². The van der Waals surface area contributed by atoms with Gasteiger partial charge in [-0.05, 0) is 31.2 Å². The highest BCUT2D eigenvalue weighted by Crippen LogP contribution is 2.28. The van der Waals surface area contributed by atoms with E-state index >= 15 is 0 Å². The summed E-state index contributed by atoms with van der Waals surface area (Å²) in [5, 5.41) is 8.85. The van der Waals surface area contributed by atoms with Crippen LogP contribution in [0, 0.1) is 0 Å². The van der Waals surface area contributed by atoms with Crippen LogP contribution in [0.15, 0.2) is 36.4 Å². The Morgan fingerprint density at radius 2 is 1.84 bits per heavy atom. The van der Waals surface area contributed by atoms with Crippen LogP contribution in [0.2, 0.25) is 0 Å². The van der Waals surface area contributed by atoms with Crippen LogP contribution in [-0.2, 0) is 6.61 Å². The number of carboxylic acid groups (broad SMARTS) is 1. The molecule has 1 N–H and O–H groups in total. The maximum absolute atomic E-state index is 10.8. The van der Waals surface area contributed by atoms with E-state index in [9.17, 15) is 4.79 Å². The third-order valence-electron chi connectivity index (χ3n) is 2.39. The van der Waals surface area contributed by atoms with E-state index < -0.39 is 5.97 Å². The van der Waals surface area contributed by atoms with Gasteiger partial charge in [-0.2, -0.15) is 0 Å². The van der Waals surface area contributed by atoms with E-state index in [0.29, 0.717) is 29.6 Å². The molecule has 0 bridgehead atoms. The fourth-order valence-corrected chi connectivity index (χ4v) is 2.32. The van der Waals surface area contributed by atoms with Gasteiger partial charge in [-0.15, -0.1) is 11.3 Å². The number of aromatic carboxylic acids is 1. The molecule has 1 aromatic carbocycles. The van der Waals surface area contributed by atoms with Crippen LogP contribution in [-0.4, -0.2) is 17.7 Å². The van der Waals surface area contributed by atoms with Crippen LogP contribution >= 0.6 is 11.3 Å². The summed E-state index contributed by atoms with van der Waals surface area (Å²) in [6.07, 6.45) is 0. The van der Waals surface area contributed by atoms with Crippen molar-refractivity contribution in [1.82, 2.24) is 0 Å². The van der Waals surface area contributed by atoms with Gasteiger partial charge in [-0.25, -0.2) is 4.79 Å². The number of carboxylic acids is 1. The van der Waals surface area contributed by atoms with E-state index in [0.717, 1.165) is 4.88 Å². The lowest BCUT2D eigenvalue weighted by molar-refractivity contribution is 0.0702. The van der Waals surface area contributed by atoms with Crippen LogP contribution < -0.4 is 9.47 Å². The van der Waals surface area contributed by atoms with Gasteiger partial charge in [0.25, 0.3) is 0 Å². The molecule has 0 aliphatic heterocycles. The molecular formula is C14H14O4S. The summed E-state index contributed by atoms with van der Waals surface area (Å²) in [4.78, 5) is 12.0. The van der Waals surface area contributed by atoms with Gasteiger partial charge in [0, 0.05) is 4.88 Å². The van der Waals surface area contributed by atoms with Crippen LogP contribution in [0.1, 0.15) is 21.5 Å². The van der Waals surface area contributed by atoms with Crippen LogP contribution in [0.5, 0.6) is 11.5 Å². The van der Waals surface area contributed by atoms with E-state index in [4.69, 9.17) is 14.6 Å². The molecule has 0 aliphatic carbocycles. The van der Waals surface area contributed by atoms with Crippen LogP contribution in [0.25, 0.3) is 0 Å². The molecule has 5 heteroatoms. The number of benzene rings is 1. The van der Waals surface area contributed by atoms with Crippen molar-refractivity contribution in [2.24, 2.45) is 0 Å². The minimum Gasteiger partial charge on any atom is -0.490 e. The topological polar surface area (TPSA) is 55.8 Å². The highest BCUT2D eigenvalue weighted by Gasteiger charge is 2.08. The maximum atomic E-state index is 10.8. The molecule has 100 valence electrons. The summed E-state index contributed by atoms with van der Waals surface area (Å²) in [6.45, 7) is 2.82. The molecule has 0 unspecified atom stereocenters. The van der Waals surface area contributed by atoms with E-state index in [1.807, 2.05) is 31.2 Å². The lowest BCUT2D eigenvalue weighted by atomic mass is 10.3. The van der Waals surface area contributed by atoms with Crippen molar-refractivity contribution in [3.05, 3.63) is 46.2 Å². The Morgan fingerprint density at radius 1 is 1.16 bits per heavy atom. The molecule has 0 saturated heterocycles. The molecular weight excluding hydrogens is 264 g/mol. The van der Waals surface area contributed by atoms with Crippen molar-refractivity contribution < 1.29 is 19.4 Å². The number of carbonyl (C=O) groups is 1. The SMILES string of the molecule is CCOc1ccccc1OCc1ccc(C(=O)O)s1. The van der Waals surface area contributed by atoms with E-state index in [1.165, 1.54) is 11.3 Å². The summed E-state index contributed by atoms with van der Waals surface area (Å²) in [6, 6.07) is 10.8. The largest absolute Gasteiger partial charge is 0.490 e. The fraction of sp³-hybridized carbons (Fsp3) is 0.214. The Hall–Kier alpha value is -2.01. The lowest BCUT2D eigenvalue weighted by Crippen LogP contribution is -1.98. The van der Waals surface area contributed by atoms with Crippen molar-refractivity contribution in [2.45, 2.75) is 13.5 Å². The lowest BCUT2D eigenvalue weighted by Gasteiger charge is -2.10. The zero-order chi connectivity index (χ0) is 13.7. The van der Waals surface area contributed by atoms with Gasteiger partial charge in [0.2, 0.25) is 0 Å². The molecule has 0 spiro atoms. The first kappa shape index (κ1) is 13.4. The highest BCUT2D eigenvalue weighted by molar-refractivity contribution is 7.13. The first-order chi connectivity index (χ1) is 9.20. The summed E-state index contributed by atoms with van der Waals surface area (Å²) in [5.41, 5.74) is 0. The predicted octanol–water partition coefficient (Wildman–Crippen LogP) is 3.42. The van der Waals surface area contributed by atoms with E-state index in [1.54, 1.807) is 12.1 Å². The molecule has 2 rings (SSSR count). The zero-order valence-corrected chi connectivity index (χ0v) is 11.3. The number of ether oxygens (including phenoxy) is 2. The molecule has 0 radical (unpaired) electrons. The quantitative estimate of drug-likeness (QED) is 0.879. The standard InChI is InChI=1S/C14H14O4S/c1-2-17-11-5-3-4-6-12(11)18-9-10-7-8-13(19-10)14(15)16/h3-8H,2,9H2,1H3,(H,15,16). The van der Waals surface area contributed by atoms with Crippen molar-refractivity contribution in [3.63, 3.8) is 0 Å². The Morgan fingerprint density at radius 3 is 2.42 bits per heavy atom. The van der Waals surface area contributed by atoms with Crippen molar-refractivity contribution in [1.29, 1.82) is 0 Å². The second-order valence-electron chi connectivity index (χ2n) is 3.74.